The van der Waals surface area contributed by atoms with E-state index in [0.717, 1.165) is 119 Å². The minimum atomic E-state index is 0.394. The molecule has 0 aliphatic carbocycles. The molecule has 0 amide bonds. The molecule has 0 aliphatic heterocycles. The topological polar surface area (TPSA) is 51.1 Å². The molecule has 0 N–H and O–H groups in total. The van der Waals surface area contributed by atoms with E-state index in [1.165, 1.54) is 20.2 Å². The van der Waals surface area contributed by atoms with E-state index < -0.39 is 0 Å². The SMILES string of the molecule is [C-]#[N+]c1c(-c2ccccc2)c(-n2c3ccccc3c3ccc4c(oc5cccc(C)c54)c32)c(-c2ccccc2)c(C#N)c1-n1c2c(ccc3c4ccccc4sc32)c2ccc3c4ccccc4sc3c21. The van der Waals surface area contributed by atoms with Gasteiger partial charge < -0.3 is 13.6 Å². The lowest BCUT2D eigenvalue weighted by Crippen LogP contribution is -2.08. The molecule has 0 bridgehead atoms. The maximum Gasteiger partial charge on any atom is 0.221 e. The minimum Gasteiger partial charge on any atom is -0.454 e. The molecule has 0 atom stereocenters. The summed E-state index contributed by atoms with van der Waals surface area (Å²) in [4.78, 5) is 4.69. The molecule has 0 spiro atoms. The fourth-order valence-corrected chi connectivity index (χ4v) is 14.1. The Labute approximate surface area is 407 Å². The number of furan rings is 1. The quantitative estimate of drug-likeness (QED) is 0.165. The zero-order valence-corrected chi connectivity index (χ0v) is 39.0. The molecule has 0 fully saturated rings. The van der Waals surface area contributed by atoms with Crippen molar-refractivity contribution in [1.29, 1.82) is 5.26 Å². The summed E-state index contributed by atoms with van der Waals surface area (Å²) in [5.74, 6) is 0. The molecule has 15 aromatic rings. The highest BCUT2D eigenvalue weighted by molar-refractivity contribution is 7.27. The van der Waals surface area contributed by atoms with E-state index in [1.54, 1.807) is 22.7 Å². The molecule has 10 aromatic carbocycles. The molecule has 5 heterocycles. The average molecular weight is 927 g/mol. The first-order chi connectivity index (χ1) is 34.6. The number of hydrogen-bond donors (Lipinski definition) is 0. The summed E-state index contributed by atoms with van der Waals surface area (Å²) in [5.41, 5.74) is 11.8. The third kappa shape index (κ3) is 5.12. The van der Waals surface area contributed by atoms with Gasteiger partial charge in [-0.3, -0.25) is 0 Å². The summed E-state index contributed by atoms with van der Waals surface area (Å²) in [6, 6.07) is 68.7. The molecule has 0 saturated carbocycles. The summed E-state index contributed by atoms with van der Waals surface area (Å²) in [6.07, 6.45) is 0. The number of aromatic nitrogens is 2. The first kappa shape index (κ1) is 39.1. The van der Waals surface area contributed by atoms with Crippen LogP contribution in [0.1, 0.15) is 11.1 Å². The van der Waals surface area contributed by atoms with E-state index in [4.69, 9.17) is 9.26 Å². The monoisotopic (exact) mass is 926 g/mol. The van der Waals surface area contributed by atoms with Gasteiger partial charge in [0.15, 0.2) is 5.58 Å². The smallest absolute Gasteiger partial charge is 0.221 e. The fourth-order valence-electron chi connectivity index (χ4n) is 11.6. The van der Waals surface area contributed by atoms with Crippen LogP contribution in [0.2, 0.25) is 0 Å². The molecular weight excluding hydrogens is 893 g/mol. The van der Waals surface area contributed by atoms with Gasteiger partial charge in [-0.2, -0.15) is 5.26 Å². The highest BCUT2D eigenvalue weighted by Crippen LogP contribution is 2.55. The highest BCUT2D eigenvalue weighted by Gasteiger charge is 2.33. The number of hydrogen-bond acceptors (Lipinski definition) is 4. The Morgan fingerprint density at radius 3 is 1.63 bits per heavy atom. The van der Waals surface area contributed by atoms with Crippen LogP contribution < -0.4 is 0 Å². The second-order valence-electron chi connectivity index (χ2n) is 18.1. The normalized spacial score (nSPS) is 12.0. The van der Waals surface area contributed by atoms with Gasteiger partial charge in [-0.25, -0.2) is 4.85 Å². The Morgan fingerprint density at radius 1 is 0.486 bits per heavy atom. The molecular formula is C63H34N4OS2. The van der Waals surface area contributed by atoms with Crippen LogP contribution in [0, 0.1) is 24.8 Å². The number of aryl methyl sites for hydroxylation is 1. The molecule has 324 valence electrons. The first-order valence-electron chi connectivity index (χ1n) is 23.3. The third-order valence-corrected chi connectivity index (χ3v) is 16.9. The van der Waals surface area contributed by atoms with E-state index in [2.05, 4.69) is 162 Å². The number of thiophene rings is 2. The van der Waals surface area contributed by atoms with Crippen LogP contribution in [0.15, 0.2) is 192 Å². The predicted octanol–water partition coefficient (Wildman–Crippen LogP) is 18.6. The Morgan fingerprint density at radius 2 is 1.01 bits per heavy atom. The second-order valence-corrected chi connectivity index (χ2v) is 20.2. The van der Waals surface area contributed by atoms with E-state index in [1.807, 2.05) is 48.5 Å². The van der Waals surface area contributed by atoms with E-state index in [0.29, 0.717) is 16.9 Å². The molecule has 7 heteroatoms. The number of benzene rings is 10. The summed E-state index contributed by atoms with van der Waals surface area (Å²) < 4.78 is 16.2. The van der Waals surface area contributed by atoms with Crippen LogP contribution in [0.5, 0.6) is 0 Å². The van der Waals surface area contributed by atoms with Crippen molar-refractivity contribution in [3.05, 3.63) is 211 Å². The van der Waals surface area contributed by atoms with Crippen LogP contribution in [-0.2, 0) is 0 Å². The first-order valence-corrected chi connectivity index (χ1v) is 24.9. The van der Waals surface area contributed by atoms with Gasteiger partial charge in [-0.15, -0.1) is 22.7 Å². The van der Waals surface area contributed by atoms with E-state index >= 15 is 0 Å². The van der Waals surface area contributed by atoms with Gasteiger partial charge >= 0.3 is 0 Å². The maximum atomic E-state index is 12.3. The molecule has 0 unspecified atom stereocenters. The number of nitrogens with zero attached hydrogens (tertiary/aromatic N) is 4. The summed E-state index contributed by atoms with van der Waals surface area (Å²) in [5, 5.41) is 23.3. The van der Waals surface area contributed by atoms with Gasteiger partial charge in [0, 0.05) is 74.4 Å². The van der Waals surface area contributed by atoms with Gasteiger partial charge in [0.2, 0.25) is 5.69 Å². The largest absolute Gasteiger partial charge is 0.454 e. The molecule has 0 aliphatic rings. The van der Waals surface area contributed by atoms with Crippen molar-refractivity contribution < 1.29 is 4.42 Å². The average Bonchev–Trinajstić information content (AvgIpc) is 4.23. The number of nitriles is 1. The van der Waals surface area contributed by atoms with E-state index in [-0.39, 0.29) is 0 Å². The molecule has 5 nitrogen and oxygen atoms in total. The Bertz CT molecular complexity index is 4650. The lowest BCUT2D eigenvalue weighted by molar-refractivity contribution is 0.671. The number of para-hydroxylation sites is 1. The Balaban J connectivity index is 1.23. The maximum absolute atomic E-state index is 12.3. The second kappa shape index (κ2) is 14.5. The molecule has 70 heavy (non-hydrogen) atoms. The van der Waals surface area contributed by atoms with Crippen LogP contribution in [-0.4, -0.2) is 9.13 Å². The van der Waals surface area contributed by atoms with Gasteiger partial charge in [-0.05, 0) is 53.9 Å². The Kier molecular flexibility index (Phi) is 8.10. The molecule has 15 rings (SSSR count). The Hall–Kier alpha value is -8.98. The summed E-state index contributed by atoms with van der Waals surface area (Å²) in [7, 11) is 0. The number of rotatable bonds is 4. The predicted molar refractivity (Wildman–Crippen MR) is 295 cm³/mol. The van der Waals surface area contributed by atoms with Gasteiger partial charge in [0.1, 0.15) is 11.7 Å². The van der Waals surface area contributed by atoms with Crippen molar-refractivity contribution in [2.75, 3.05) is 0 Å². The van der Waals surface area contributed by atoms with Crippen LogP contribution in [0.25, 0.3) is 144 Å². The molecule has 0 saturated heterocycles. The van der Waals surface area contributed by atoms with Crippen LogP contribution >= 0.6 is 22.7 Å². The van der Waals surface area contributed by atoms with Crippen molar-refractivity contribution in [3.8, 4) is 39.7 Å². The van der Waals surface area contributed by atoms with Crippen LogP contribution in [0.3, 0.4) is 0 Å². The van der Waals surface area contributed by atoms with Gasteiger partial charge in [-0.1, -0.05) is 158 Å². The van der Waals surface area contributed by atoms with Crippen molar-refractivity contribution >= 4 is 134 Å². The fraction of sp³-hybridized carbons (Fsp3) is 0.0159. The zero-order chi connectivity index (χ0) is 46.4. The number of fused-ring (bicyclic) bond motifs is 18. The third-order valence-electron chi connectivity index (χ3n) is 14.5. The van der Waals surface area contributed by atoms with Crippen molar-refractivity contribution in [2.24, 2.45) is 0 Å². The lowest BCUT2D eigenvalue weighted by Gasteiger charge is -2.25. The standard InChI is InChI=1S/C63H34N4OS2/c1-35-16-15-25-49-52(35)46-33-30-41-38-21-9-12-24-48(38)66(57(41)61(46)68-49)60-53(36-17-5-3-6-18-36)47(34-64)56(55(65-2)54(60)37-19-7-4-8-20-37)67-58-42(28-31-44-39-22-10-13-26-50(39)69-62(44)58)43-29-32-45-40-23-11-14-27-51(40)70-63(45)59(43)67/h3-33H,1H3. The molecule has 5 aromatic heterocycles. The van der Waals surface area contributed by atoms with Crippen molar-refractivity contribution in [2.45, 2.75) is 6.92 Å². The van der Waals surface area contributed by atoms with E-state index in [9.17, 15) is 11.8 Å². The summed E-state index contributed by atoms with van der Waals surface area (Å²) >= 11 is 3.54. The zero-order valence-electron chi connectivity index (χ0n) is 37.4. The molecule has 0 radical (unpaired) electrons. The lowest BCUT2D eigenvalue weighted by atomic mass is 9.88. The van der Waals surface area contributed by atoms with Crippen molar-refractivity contribution in [3.63, 3.8) is 0 Å². The van der Waals surface area contributed by atoms with Crippen molar-refractivity contribution in [1.82, 2.24) is 9.13 Å². The highest BCUT2D eigenvalue weighted by atomic mass is 32.1. The van der Waals surface area contributed by atoms with Gasteiger partial charge in [0.25, 0.3) is 0 Å². The minimum absolute atomic E-state index is 0.394. The van der Waals surface area contributed by atoms with Gasteiger partial charge in [0.05, 0.1) is 55.0 Å². The van der Waals surface area contributed by atoms with Crippen LogP contribution in [0.4, 0.5) is 5.69 Å². The summed E-state index contributed by atoms with van der Waals surface area (Å²) in [6.45, 7) is 11.7.